The first-order chi connectivity index (χ1) is 15.0. The molecular formula is C23H20Cl2N2O4. The molecule has 0 aliphatic carbocycles. The van der Waals surface area contributed by atoms with Crippen LogP contribution in [0.3, 0.4) is 0 Å². The van der Waals surface area contributed by atoms with Gasteiger partial charge in [-0.15, -0.1) is 0 Å². The average molecular weight is 459 g/mol. The van der Waals surface area contributed by atoms with Gasteiger partial charge in [-0.2, -0.15) is 5.10 Å². The zero-order chi connectivity index (χ0) is 22.2. The normalized spacial score (nSPS) is 10.7. The minimum absolute atomic E-state index is 0.304. The van der Waals surface area contributed by atoms with E-state index in [1.807, 2.05) is 12.1 Å². The predicted molar refractivity (Wildman–Crippen MR) is 122 cm³/mol. The van der Waals surface area contributed by atoms with Gasteiger partial charge in [0.15, 0.2) is 11.5 Å². The van der Waals surface area contributed by atoms with Gasteiger partial charge in [-0.3, -0.25) is 4.79 Å². The highest BCUT2D eigenvalue weighted by atomic mass is 35.5. The number of halogens is 2. The highest BCUT2D eigenvalue weighted by molar-refractivity contribution is 6.32. The Morgan fingerprint density at radius 3 is 2.35 bits per heavy atom. The fraction of sp³-hybridized carbons (Fsp3) is 0.130. The Balaban J connectivity index is 1.66. The lowest BCUT2D eigenvalue weighted by Gasteiger charge is -2.13. The molecule has 0 spiro atoms. The molecule has 1 N–H and O–H groups in total. The van der Waals surface area contributed by atoms with Gasteiger partial charge in [0.2, 0.25) is 0 Å². The molecule has 0 atom stereocenters. The van der Waals surface area contributed by atoms with Crippen molar-refractivity contribution in [3.63, 3.8) is 0 Å². The molecule has 0 aliphatic rings. The van der Waals surface area contributed by atoms with Crippen LogP contribution in [0.1, 0.15) is 21.5 Å². The van der Waals surface area contributed by atoms with Gasteiger partial charge in [-0.05, 0) is 59.7 Å². The van der Waals surface area contributed by atoms with Crippen molar-refractivity contribution in [1.82, 2.24) is 5.43 Å². The monoisotopic (exact) mass is 458 g/mol. The van der Waals surface area contributed by atoms with Gasteiger partial charge in [0.25, 0.3) is 5.91 Å². The van der Waals surface area contributed by atoms with Crippen molar-refractivity contribution >= 4 is 35.3 Å². The highest BCUT2D eigenvalue weighted by Crippen LogP contribution is 2.36. The highest BCUT2D eigenvalue weighted by Gasteiger charge is 2.12. The van der Waals surface area contributed by atoms with Crippen LogP contribution in [0.2, 0.25) is 10.0 Å². The largest absolute Gasteiger partial charge is 0.497 e. The van der Waals surface area contributed by atoms with Crippen LogP contribution in [0.4, 0.5) is 0 Å². The number of benzene rings is 3. The Morgan fingerprint density at radius 1 is 1.00 bits per heavy atom. The second kappa shape index (κ2) is 10.7. The van der Waals surface area contributed by atoms with Crippen LogP contribution in [0.5, 0.6) is 17.2 Å². The number of carbonyl (C=O) groups excluding carboxylic acids is 1. The second-order valence-corrected chi connectivity index (χ2v) is 7.22. The number of methoxy groups -OCH3 is 2. The van der Waals surface area contributed by atoms with Crippen LogP contribution >= 0.6 is 23.2 Å². The molecule has 0 fully saturated rings. The molecule has 0 radical (unpaired) electrons. The van der Waals surface area contributed by atoms with Crippen molar-refractivity contribution in [1.29, 1.82) is 0 Å². The summed E-state index contributed by atoms with van der Waals surface area (Å²) in [5, 5.41) is 5.00. The van der Waals surface area contributed by atoms with E-state index in [1.165, 1.54) is 13.3 Å². The SMILES string of the molecule is COc1ccc(C(=O)NN=Cc2cc(Cl)c(OCc3ccc(Cl)cc3)c(OC)c2)cc1. The summed E-state index contributed by atoms with van der Waals surface area (Å²) >= 11 is 12.3. The molecule has 0 aliphatic heterocycles. The maximum absolute atomic E-state index is 12.2. The van der Waals surface area contributed by atoms with Gasteiger partial charge in [0.05, 0.1) is 25.5 Å². The number of amides is 1. The molecule has 3 rings (SSSR count). The Kier molecular flexibility index (Phi) is 7.76. The lowest BCUT2D eigenvalue weighted by molar-refractivity contribution is 0.0955. The van der Waals surface area contributed by atoms with Crippen molar-refractivity contribution in [2.24, 2.45) is 5.10 Å². The predicted octanol–water partition coefficient (Wildman–Crippen LogP) is 5.35. The van der Waals surface area contributed by atoms with Crippen molar-refractivity contribution in [3.05, 3.63) is 87.4 Å². The number of hydrogen-bond donors (Lipinski definition) is 1. The van der Waals surface area contributed by atoms with E-state index in [1.54, 1.807) is 55.6 Å². The fourth-order valence-corrected chi connectivity index (χ4v) is 3.06. The molecule has 3 aromatic rings. The zero-order valence-electron chi connectivity index (χ0n) is 16.9. The Labute approximate surface area is 190 Å². The molecule has 0 bridgehead atoms. The smallest absolute Gasteiger partial charge is 0.271 e. The maximum Gasteiger partial charge on any atom is 0.271 e. The number of hydrogen-bond acceptors (Lipinski definition) is 5. The fourth-order valence-electron chi connectivity index (χ4n) is 2.66. The van der Waals surface area contributed by atoms with Crippen molar-refractivity contribution < 1.29 is 19.0 Å². The molecule has 0 saturated heterocycles. The number of rotatable bonds is 8. The lowest BCUT2D eigenvalue weighted by Crippen LogP contribution is -2.17. The molecule has 0 unspecified atom stereocenters. The van der Waals surface area contributed by atoms with Crippen LogP contribution < -0.4 is 19.6 Å². The van der Waals surface area contributed by atoms with E-state index in [-0.39, 0.29) is 5.91 Å². The van der Waals surface area contributed by atoms with Crippen LogP contribution in [0, 0.1) is 0 Å². The summed E-state index contributed by atoms with van der Waals surface area (Å²) in [5.41, 5.74) is 4.50. The summed E-state index contributed by atoms with van der Waals surface area (Å²) in [5.74, 6) is 1.18. The lowest BCUT2D eigenvalue weighted by atomic mass is 10.2. The third kappa shape index (κ3) is 6.13. The number of nitrogens with zero attached hydrogens (tertiary/aromatic N) is 1. The molecule has 1 amide bonds. The van der Waals surface area contributed by atoms with Crippen LogP contribution in [0.25, 0.3) is 0 Å². The Morgan fingerprint density at radius 2 is 1.71 bits per heavy atom. The molecule has 3 aromatic carbocycles. The minimum Gasteiger partial charge on any atom is -0.497 e. The molecule has 160 valence electrons. The first kappa shape index (κ1) is 22.5. The maximum atomic E-state index is 12.2. The molecule has 0 aromatic heterocycles. The summed E-state index contributed by atoms with van der Waals surface area (Å²) in [6, 6.07) is 17.4. The quantitative estimate of drug-likeness (QED) is 0.364. The number of carbonyl (C=O) groups is 1. The third-order valence-electron chi connectivity index (χ3n) is 4.28. The first-order valence-corrected chi connectivity index (χ1v) is 9.98. The first-order valence-electron chi connectivity index (χ1n) is 9.22. The van der Waals surface area contributed by atoms with Gasteiger partial charge in [0, 0.05) is 10.6 Å². The molecule has 0 saturated carbocycles. The van der Waals surface area contributed by atoms with Crippen molar-refractivity contribution in [2.75, 3.05) is 14.2 Å². The Hall–Kier alpha value is -3.22. The van der Waals surface area contributed by atoms with E-state index >= 15 is 0 Å². The summed E-state index contributed by atoms with van der Waals surface area (Å²) < 4.78 is 16.3. The van der Waals surface area contributed by atoms with Gasteiger partial charge in [-0.25, -0.2) is 5.43 Å². The van der Waals surface area contributed by atoms with E-state index in [2.05, 4.69) is 10.5 Å². The van der Waals surface area contributed by atoms with Gasteiger partial charge in [-0.1, -0.05) is 35.3 Å². The Bertz CT molecular complexity index is 1070. The summed E-state index contributed by atoms with van der Waals surface area (Å²) in [7, 11) is 3.08. The van der Waals surface area contributed by atoms with E-state index in [0.717, 1.165) is 5.56 Å². The van der Waals surface area contributed by atoms with Gasteiger partial charge >= 0.3 is 0 Å². The topological polar surface area (TPSA) is 69.2 Å². The number of hydrazone groups is 1. The number of nitrogens with one attached hydrogen (secondary N) is 1. The number of ether oxygens (including phenoxy) is 3. The van der Waals surface area contributed by atoms with Crippen molar-refractivity contribution in [3.8, 4) is 17.2 Å². The standard InChI is InChI=1S/C23H20Cl2N2O4/c1-29-19-9-5-17(6-10-19)23(28)27-26-13-16-11-20(25)22(21(12-16)30-2)31-14-15-3-7-18(24)8-4-15/h3-13H,14H2,1-2H3,(H,27,28). The average Bonchev–Trinajstić information content (AvgIpc) is 2.79. The summed E-state index contributed by atoms with van der Waals surface area (Å²) in [4.78, 5) is 12.2. The van der Waals surface area contributed by atoms with Gasteiger partial charge in [0.1, 0.15) is 12.4 Å². The molecule has 6 nitrogen and oxygen atoms in total. The summed E-state index contributed by atoms with van der Waals surface area (Å²) in [6.45, 7) is 0.304. The molecule has 31 heavy (non-hydrogen) atoms. The zero-order valence-corrected chi connectivity index (χ0v) is 18.4. The van der Waals surface area contributed by atoms with Crippen LogP contribution in [-0.2, 0) is 6.61 Å². The molecular weight excluding hydrogens is 439 g/mol. The van der Waals surface area contributed by atoms with Crippen LogP contribution in [0.15, 0.2) is 65.8 Å². The van der Waals surface area contributed by atoms with E-state index in [0.29, 0.717) is 45.0 Å². The molecule has 0 heterocycles. The second-order valence-electron chi connectivity index (χ2n) is 6.38. The minimum atomic E-state index is -0.347. The van der Waals surface area contributed by atoms with E-state index < -0.39 is 0 Å². The third-order valence-corrected chi connectivity index (χ3v) is 4.81. The van der Waals surface area contributed by atoms with E-state index in [9.17, 15) is 4.79 Å². The van der Waals surface area contributed by atoms with Crippen LogP contribution in [-0.4, -0.2) is 26.3 Å². The van der Waals surface area contributed by atoms with Gasteiger partial charge < -0.3 is 14.2 Å². The van der Waals surface area contributed by atoms with Crippen molar-refractivity contribution in [2.45, 2.75) is 6.61 Å². The summed E-state index contributed by atoms with van der Waals surface area (Å²) in [6.07, 6.45) is 1.47. The van der Waals surface area contributed by atoms with E-state index in [4.69, 9.17) is 37.4 Å². The molecule has 8 heteroatoms.